The number of benzene rings is 1. The molecule has 0 bridgehead atoms. The number of rotatable bonds is 3. The molecule has 8 heteroatoms. The third kappa shape index (κ3) is 2.11. The monoisotopic (exact) mass is 308 g/mol. The standard InChI is InChI=1S/C15H12N6O2/c1-2-23-15(22)9-6-16-14-12(9)13(17-7-18-14)8-3-4-10-11(5-8)20-21-19-10/h3-7H,2H2,1H3,(H,16,17,18)(H,19,20,21). The predicted octanol–water partition coefficient (Wildman–Crippen LogP) is 2.07. The minimum atomic E-state index is -0.405. The van der Waals surface area contributed by atoms with Crippen molar-refractivity contribution in [1.82, 2.24) is 30.4 Å². The highest BCUT2D eigenvalue weighted by Gasteiger charge is 2.19. The molecule has 0 atom stereocenters. The Balaban J connectivity index is 1.95. The number of nitrogens with zero attached hydrogens (tertiary/aromatic N) is 4. The third-order valence-electron chi connectivity index (χ3n) is 3.55. The summed E-state index contributed by atoms with van der Waals surface area (Å²) in [5, 5.41) is 11.3. The molecule has 0 radical (unpaired) electrons. The maximum Gasteiger partial charge on any atom is 0.340 e. The predicted molar refractivity (Wildman–Crippen MR) is 82.7 cm³/mol. The van der Waals surface area contributed by atoms with Gasteiger partial charge in [-0.25, -0.2) is 14.8 Å². The molecular weight excluding hydrogens is 296 g/mol. The van der Waals surface area contributed by atoms with Crippen LogP contribution in [0.5, 0.6) is 0 Å². The number of fused-ring (bicyclic) bond motifs is 2. The van der Waals surface area contributed by atoms with Gasteiger partial charge >= 0.3 is 5.97 Å². The quantitative estimate of drug-likeness (QED) is 0.561. The van der Waals surface area contributed by atoms with Crippen molar-refractivity contribution in [2.24, 2.45) is 0 Å². The van der Waals surface area contributed by atoms with E-state index in [2.05, 4.69) is 30.4 Å². The van der Waals surface area contributed by atoms with E-state index >= 15 is 0 Å². The molecule has 0 spiro atoms. The summed E-state index contributed by atoms with van der Waals surface area (Å²) in [6.07, 6.45) is 3.05. The summed E-state index contributed by atoms with van der Waals surface area (Å²) in [5.74, 6) is -0.405. The Labute approximate surface area is 129 Å². The SMILES string of the molecule is CCOC(=O)c1c[nH]c2ncnc(-c3ccc4n[nH]nc4c3)c12. The molecule has 114 valence electrons. The number of hydrogen-bond acceptors (Lipinski definition) is 6. The van der Waals surface area contributed by atoms with Gasteiger partial charge in [0, 0.05) is 11.8 Å². The Morgan fingerprint density at radius 3 is 2.96 bits per heavy atom. The van der Waals surface area contributed by atoms with Gasteiger partial charge in [0.05, 0.1) is 23.3 Å². The molecule has 4 rings (SSSR count). The summed E-state index contributed by atoms with van der Waals surface area (Å²) in [5.41, 5.74) is 3.95. The van der Waals surface area contributed by atoms with Gasteiger partial charge in [0.2, 0.25) is 0 Å². The van der Waals surface area contributed by atoms with Crippen molar-refractivity contribution >= 4 is 28.0 Å². The van der Waals surface area contributed by atoms with Gasteiger partial charge < -0.3 is 9.72 Å². The van der Waals surface area contributed by atoms with E-state index in [0.717, 1.165) is 16.6 Å². The molecule has 0 aliphatic carbocycles. The van der Waals surface area contributed by atoms with E-state index in [1.807, 2.05) is 18.2 Å². The van der Waals surface area contributed by atoms with Crippen LogP contribution in [0.2, 0.25) is 0 Å². The highest BCUT2D eigenvalue weighted by molar-refractivity contribution is 6.08. The van der Waals surface area contributed by atoms with E-state index < -0.39 is 5.97 Å². The Bertz CT molecular complexity index is 1020. The molecule has 0 saturated heterocycles. The van der Waals surface area contributed by atoms with Crippen molar-refractivity contribution in [3.05, 3.63) is 36.3 Å². The zero-order valence-electron chi connectivity index (χ0n) is 12.2. The number of carbonyl (C=O) groups excluding carboxylic acids is 1. The minimum absolute atomic E-state index is 0.305. The van der Waals surface area contributed by atoms with E-state index in [1.165, 1.54) is 6.33 Å². The number of nitrogens with one attached hydrogen (secondary N) is 2. The Hall–Kier alpha value is -3.29. The second kappa shape index (κ2) is 5.16. The lowest BCUT2D eigenvalue weighted by Gasteiger charge is -2.05. The smallest absolute Gasteiger partial charge is 0.340 e. The number of H-pyrrole nitrogens is 2. The van der Waals surface area contributed by atoms with Gasteiger partial charge in [0.15, 0.2) is 0 Å². The highest BCUT2D eigenvalue weighted by atomic mass is 16.5. The fourth-order valence-corrected chi connectivity index (χ4v) is 2.54. The molecule has 2 N–H and O–H groups in total. The van der Waals surface area contributed by atoms with Crippen molar-refractivity contribution in [2.75, 3.05) is 6.61 Å². The number of carbonyl (C=O) groups is 1. The second-order valence-electron chi connectivity index (χ2n) is 4.90. The molecule has 0 fully saturated rings. The maximum atomic E-state index is 12.1. The minimum Gasteiger partial charge on any atom is -0.462 e. The summed E-state index contributed by atoms with van der Waals surface area (Å²) < 4.78 is 5.10. The fraction of sp³-hybridized carbons (Fsp3) is 0.133. The summed E-state index contributed by atoms with van der Waals surface area (Å²) in [7, 11) is 0. The van der Waals surface area contributed by atoms with Crippen molar-refractivity contribution < 1.29 is 9.53 Å². The average molecular weight is 308 g/mol. The number of aromatic amines is 2. The van der Waals surface area contributed by atoms with Crippen LogP contribution < -0.4 is 0 Å². The first-order valence-corrected chi connectivity index (χ1v) is 7.08. The van der Waals surface area contributed by atoms with Crippen LogP contribution in [0.4, 0.5) is 0 Å². The Morgan fingerprint density at radius 2 is 2.09 bits per heavy atom. The van der Waals surface area contributed by atoms with Gasteiger partial charge in [-0.15, -0.1) is 0 Å². The number of aromatic nitrogens is 6. The van der Waals surface area contributed by atoms with Crippen LogP contribution >= 0.6 is 0 Å². The number of ether oxygens (including phenoxy) is 1. The molecular formula is C15H12N6O2. The lowest BCUT2D eigenvalue weighted by molar-refractivity contribution is 0.0528. The molecule has 0 saturated carbocycles. The van der Waals surface area contributed by atoms with Gasteiger partial charge in [-0.05, 0) is 19.1 Å². The molecule has 0 aliphatic heterocycles. The second-order valence-corrected chi connectivity index (χ2v) is 4.90. The van der Waals surface area contributed by atoms with Gasteiger partial charge in [-0.3, -0.25) is 0 Å². The molecule has 0 unspecified atom stereocenters. The number of hydrogen-bond donors (Lipinski definition) is 2. The molecule has 8 nitrogen and oxygen atoms in total. The van der Waals surface area contributed by atoms with Crippen LogP contribution in [0.15, 0.2) is 30.7 Å². The molecule has 0 aliphatic rings. The third-order valence-corrected chi connectivity index (χ3v) is 3.55. The zero-order chi connectivity index (χ0) is 15.8. The van der Waals surface area contributed by atoms with Crippen LogP contribution in [-0.4, -0.2) is 42.9 Å². The first kappa shape index (κ1) is 13.4. The van der Waals surface area contributed by atoms with Gasteiger partial charge in [-0.1, -0.05) is 6.07 Å². The normalized spacial score (nSPS) is 11.2. The summed E-state index contributed by atoms with van der Waals surface area (Å²) in [6, 6.07) is 5.59. The van der Waals surface area contributed by atoms with Crippen molar-refractivity contribution in [1.29, 1.82) is 0 Å². The van der Waals surface area contributed by atoms with Gasteiger partial charge in [0.1, 0.15) is 23.0 Å². The van der Waals surface area contributed by atoms with Gasteiger partial charge in [-0.2, -0.15) is 15.4 Å². The highest BCUT2D eigenvalue weighted by Crippen LogP contribution is 2.29. The molecule has 4 aromatic rings. The average Bonchev–Trinajstić information content (AvgIpc) is 3.20. The summed E-state index contributed by atoms with van der Waals surface area (Å²) in [6.45, 7) is 2.07. The van der Waals surface area contributed by atoms with E-state index in [9.17, 15) is 4.79 Å². The van der Waals surface area contributed by atoms with Crippen LogP contribution in [0.3, 0.4) is 0 Å². The maximum absolute atomic E-state index is 12.1. The molecule has 0 amide bonds. The van der Waals surface area contributed by atoms with Crippen molar-refractivity contribution in [3.63, 3.8) is 0 Å². The molecule has 3 aromatic heterocycles. The van der Waals surface area contributed by atoms with Crippen LogP contribution in [-0.2, 0) is 4.74 Å². The van der Waals surface area contributed by atoms with Crippen LogP contribution in [0.1, 0.15) is 17.3 Å². The first-order valence-electron chi connectivity index (χ1n) is 7.08. The van der Waals surface area contributed by atoms with E-state index in [-0.39, 0.29) is 0 Å². The van der Waals surface area contributed by atoms with E-state index in [0.29, 0.717) is 28.9 Å². The van der Waals surface area contributed by atoms with Crippen molar-refractivity contribution in [2.45, 2.75) is 6.92 Å². The Morgan fingerprint density at radius 1 is 1.22 bits per heavy atom. The molecule has 3 heterocycles. The first-order chi connectivity index (χ1) is 11.3. The Kier molecular flexibility index (Phi) is 3.00. The van der Waals surface area contributed by atoms with Crippen LogP contribution in [0.25, 0.3) is 33.3 Å². The molecule has 1 aromatic carbocycles. The summed E-state index contributed by atoms with van der Waals surface area (Å²) >= 11 is 0. The fourth-order valence-electron chi connectivity index (χ4n) is 2.54. The zero-order valence-corrected chi connectivity index (χ0v) is 12.2. The summed E-state index contributed by atoms with van der Waals surface area (Å²) in [4.78, 5) is 23.7. The topological polar surface area (TPSA) is 109 Å². The molecule has 23 heavy (non-hydrogen) atoms. The lowest BCUT2D eigenvalue weighted by Crippen LogP contribution is -2.04. The van der Waals surface area contributed by atoms with E-state index in [4.69, 9.17) is 4.74 Å². The lowest BCUT2D eigenvalue weighted by atomic mass is 10.1. The largest absolute Gasteiger partial charge is 0.462 e. The number of esters is 1. The van der Waals surface area contributed by atoms with Gasteiger partial charge in [0.25, 0.3) is 0 Å². The van der Waals surface area contributed by atoms with Crippen molar-refractivity contribution in [3.8, 4) is 11.3 Å². The van der Waals surface area contributed by atoms with Crippen LogP contribution in [0, 0.1) is 0 Å². The van der Waals surface area contributed by atoms with E-state index in [1.54, 1.807) is 13.1 Å².